The van der Waals surface area contributed by atoms with Gasteiger partial charge in [0, 0.05) is 19.1 Å². The van der Waals surface area contributed by atoms with Crippen LogP contribution in [0.3, 0.4) is 0 Å². The molecular formula is C33H54N2O2. The van der Waals surface area contributed by atoms with Gasteiger partial charge in [-0.25, -0.2) is 0 Å². The van der Waals surface area contributed by atoms with Gasteiger partial charge in [0.15, 0.2) is 0 Å². The number of hydrogen-bond donors (Lipinski definition) is 2. The minimum Gasteiger partial charge on any atom is -0.393 e. The van der Waals surface area contributed by atoms with Crippen molar-refractivity contribution in [2.75, 3.05) is 13.1 Å². The van der Waals surface area contributed by atoms with Gasteiger partial charge in [-0.1, -0.05) is 59.6 Å². The van der Waals surface area contributed by atoms with Crippen LogP contribution in [-0.4, -0.2) is 41.1 Å². The largest absolute Gasteiger partial charge is 0.393 e. The standard InChI is InChI=1S/C33H54N2O2/c1-28(2)14-16-33(27(37)35-19-21(34)20-35)17-15-31(6)22(23(33)18-28)8-9-25-30(5)12-11-26(36)29(3,4)24(30)10-13-32(25,31)7/h21,24-26,36H,8-20,34H2,1-7H3/t24-,25+,26-,30-,31+,32+,33-/m0/s1. The Hall–Kier alpha value is -0.870. The number of amides is 1. The Labute approximate surface area is 226 Å². The van der Waals surface area contributed by atoms with E-state index >= 15 is 0 Å². The van der Waals surface area contributed by atoms with Gasteiger partial charge in [0.05, 0.1) is 11.5 Å². The molecule has 208 valence electrons. The first-order valence-corrected chi connectivity index (χ1v) is 15.6. The normalized spacial score (nSPS) is 48.8. The summed E-state index contributed by atoms with van der Waals surface area (Å²) < 4.78 is 0. The maximum atomic E-state index is 14.2. The summed E-state index contributed by atoms with van der Waals surface area (Å²) in [6.45, 7) is 18.9. The molecule has 6 aliphatic rings. The highest BCUT2D eigenvalue weighted by Crippen LogP contribution is 2.75. The number of carbonyl (C=O) groups excluding carboxylic acids is 1. The Balaban J connectivity index is 1.43. The van der Waals surface area contributed by atoms with Gasteiger partial charge in [-0.15, -0.1) is 0 Å². The van der Waals surface area contributed by atoms with Gasteiger partial charge in [-0.05, 0) is 110 Å². The second-order valence-corrected chi connectivity index (χ2v) is 16.7. The van der Waals surface area contributed by atoms with E-state index in [1.165, 1.54) is 25.7 Å². The van der Waals surface area contributed by atoms with E-state index in [1.807, 2.05) is 0 Å². The molecule has 0 radical (unpaired) electrons. The number of nitrogens with zero attached hydrogens (tertiary/aromatic N) is 1. The number of hydrogen-bond acceptors (Lipinski definition) is 3. The zero-order valence-electron chi connectivity index (χ0n) is 24.9. The summed E-state index contributed by atoms with van der Waals surface area (Å²) in [6.07, 6.45) is 12.3. The van der Waals surface area contributed by atoms with Crippen LogP contribution < -0.4 is 5.73 Å². The number of allylic oxidation sites excluding steroid dienone is 1. The number of aliphatic hydroxyl groups excluding tert-OH is 1. The van der Waals surface area contributed by atoms with Crippen molar-refractivity contribution in [2.24, 2.45) is 50.1 Å². The molecule has 5 aliphatic carbocycles. The summed E-state index contributed by atoms with van der Waals surface area (Å²) in [6, 6.07) is 0.161. The molecular weight excluding hydrogens is 456 g/mol. The number of likely N-dealkylation sites (tertiary alicyclic amines) is 1. The minimum atomic E-state index is -0.272. The number of nitrogens with two attached hydrogens (primary N) is 1. The molecule has 1 aliphatic heterocycles. The first kappa shape index (κ1) is 26.4. The van der Waals surface area contributed by atoms with Crippen LogP contribution in [0.4, 0.5) is 0 Å². The third kappa shape index (κ3) is 3.30. The highest BCUT2D eigenvalue weighted by atomic mass is 16.3. The van der Waals surface area contributed by atoms with E-state index in [-0.39, 0.29) is 39.2 Å². The van der Waals surface area contributed by atoms with E-state index in [4.69, 9.17) is 5.73 Å². The lowest BCUT2D eigenvalue weighted by atomic mass is 9.34. The van der Waals surface area contributed by atoms with E-state index in [0.29, 0.717) is 23.2 Å². The number of aliphatic hydroxyl groups is 1. The van der Waals surface area contributed by atoms with E-state index < -0.39 is 0 Å². The Bertz CT molecular complexity index is 1020. The summed E-state index contributed by atoms with van der Waals surface area (Å²) in [4.78, 5) is 16.3. The zero-order chi connectivity index (χ0) is 26.8. The van der Waals surface area contributed by atoms with E-state index in [0.717, 1.165) is 58.0 Å². The summed E-state index contributed by atoms with van der Waals surface area (Å²) in [5.74, 6) is 1.68. The van der Waals surface area contributed by atoms with Crippen molar-refractivity contribution >= 4 is 5.91 Å². The molecule has 4 nitrogen and oxygen atoms in total. The van der Waals surface area contributed by atoms with Crippen molar-refractivity contribution in [3.63, 3.8) is 0 Å². The molecule has 0 aromatic heterocycles. The lowest BCUT2D eigenvalue weighted by Crippen LogP contribution is -2.65. The molecule has 1 amide bonds. The molecule has 0 aromatic carbocycles. The van der Waals surface area contributed by atoms with Gasteiger partial charge >= 0.3 is 0 Å². The lowest BCUT2D eigenvalue weighted by Gasteiger charge is -2.71. The quantitative estimate of drug-likeness (QED) is 0.398. The van der Waals surface area contributed by atoms with Crippen LogP contribution in [0.15, 0.2) is 11.1 Å². The fraction of sp³-hybridized carbons (Fsp3) is 0.909. The molecule has 0 unspecified atom stereocenters. The Morgan fingerprint density at radius 3 is 2.19 bits per heavy atom. The fourth-order valence-corrected chi connectivity index (χ4v) is 11.6. The first-order chi connectivity index (χ1) is 17.1. The van der Waals surface area contributed by atoms with Gasteiger partial charge in [-0.3, -0.25) is 4.79 Å². The molecule has 6 rings (SSSR count). The highest BCUT2D eigenvalue weighted by Gasteiger charge is 2.68. The Kier molecular flexibility index (Phi) is 5.60. The Morgan fingerprint density at radius 1 is 0.838 bits per heavy atom. The van der Waals surface area contributed by atoms with Gasteiger partial charge in [0.2, 0.25) is 5.91 Å². The van der Waals surface area contributed by atoms with Crippen LogP contribution in [0.2, 0.25) is 0 Å². The van der Waals surface area contributed by atoms with Crippen LogP contribution in [0, 0.1) is 44.3 Å². The molecule has 37 heavy (non-hydrogen) atoms. The van der Waals surface area contributed by atoms with Crippen molar-refractivity contribution in [3.8, 4) is 0 Å². The minimum absolute atomic E-state index is 0.00637. The van der Waals surface area contributed by atoms with Crippen LogP contribution in [0.25, 0.3) is 0 Å². The smallest absolute Gasteiger partial charge is 0.233 e. The van der Waals surface area contributed by atoms with Gasteiger partial charge in [-0.2, -0.15) is 0 Å². The fourth-order valence-electron chi connectivity index (χ4n) is 11.6. The van der Waals surface area contributed by atoms with Gasteiger partial charge in [0.25, 0.3) is 0 Å². The highest BCUT2D eigenvalue weighted by molar-refractivity contribution is 5.87. The summed E-state index contributed by atoms with van der Waals surface area (Å²) >= 11 is 0. The monoisotopic (exact) mass is 510 g/mol. The predicted octanol–water partition coefficient (Wildman–Crippen LogP) is 6.46. The second kappa shape index (κ2) is 7.87. The molecule has 0 aromatic rings. The van der Waals surface area contributed by atoms with Crippen molar-refractivity contribution in [1.82, 2.24) is 4.90 Å². The van der Waals surface area contributed by atoms with Crippen LogP contribution in [0.5, 0.6) is 0 Å². The molecule has 5 fully saturated rings. The second-order valence-electron chi connectivity index (χ2n) is 16.7. The third-order valence-electron chi connectivity index (χ3n) is 14.1. The number of rotatable bonds is 1. The third-order valence-corrected chi connectivity index (χ3v) is 14.1. The van der Waals surface area contributed by atoms with Crippen LogP contribution in [0.1, 0.15) is 119 Å². The van der Waals surface area contributed by atoms with E-state index in [1.54, 1.807) is 11.1 Å². The SMILES string of the molecule is CC1(C)CC[C@]2(C(=O)N3CC(N)C3)CC[C@]3(C)C(=C2C1)CC[C@@H]1[C@@]2(C)CC[C@H](O)C(C)(C)[C@@H]2CC[C@]13C. The van der Waals surface area contributed by atoms with Crippen molar-refractivity contribution < 1.29 is 9.90 Å². The van der Waals surface area contributed by atoms with Crippen molar-refractivity contribution in [1.29, 1.82) is 0 Å². The molecule has 0 bridgehead atoms. The summed E-state index contributed by atoms with van der Waals surface area (Å²) in [7, 11) is 0. The van der Waals surface area contributed by atoms with E-state index in [2.05, 4.69) is 53.4 Å². The lowest BCUT2D eigenvalue weighted by molar-refractivity contribution is -0.205. The molecule has 4 heteroatoms. The molecule has 0 spiro atoms. The zero-order valence-corrected chi connectivity index (χ0v) is 24.9. The molecule has 7 atom stereocenters. The Morgan fingerprint density at radius 2 is 1.51 bits per heavy atom. The first-order valence-electron chi connectivity index (χ1n) is 15.6. The summed E-state index contributed by atoms with van der Waals surface area (Å²) in [5.41, 5.74) is 10.1. The maximum Gasteiger partial charge on any atom is 0.233 e. The maximum absolute atomic E-state index is 14.2. The molecule has 1 heterocycles. The number of fused-ring (bicyclic) bond motifs is 6. The molecule has 3 N–H and O–H groups in total. The topological polar surface area (TPSA) is 66.6 Å². The summed E-state index contributed by atoms with van der Waals surface area (Å²) in [5, 5.41) is 11.0. The molecule has 4 saturated carbocycles. The van der Waals surface area contributed by atoms with Crippen molar-refractivity contribution in [2.45, 2.75) is 131 Å². The number of carbonyl (C=O) groups is 1. The average Bonchev–Trinajstić information content (AvgIpc) is 2.79. The predicted molar refractivity (Wildman–Crippen MR) is 150 cm³/mol. The molecule has 1 saturated heterocycles. The van der Waals surface area contributed by atoms with Gasteiger partial charge in [0.1, 0.15) is 0 Å². The van der Waals surface area contributed by atoms with Crippen molar-refractivity contribution in [3.05, 3.63) is 11.1 Å². The van der Waals surface area contributed by atoms with E-state index in [9.17, 15) is 9.90 Å². The average molecular weight is 511 g/mol. The van der Waals surface area contributed by atoms with Gasteiger partial charge < -0.3 is 15.7 Å². The van der Waals surface area contributed by atoms with Crippen LogP contribution in [-0.2, 0) is 4.79 Å². The van der Waals surface area contributed by atoms with Crippen LogP contribution >= 0.6 is 0 Å².